The van der Waals surface area contributed by atoms with Gasteiger partial charge in [-0.2, -0.15) is 0 Å². The lowest BCUT2D eigenvalue weighted by molar-refractivity contribution is -0.116. The zero-order valence-electron chi connectivity index (χ0n) is 14.0. The Labute approximate surface area is 142 Å². The third kappa shape index (κ3) is 5.43. The fraction of sp³-hybridized carbons (Fsp3) is 0.263. The van der Waals surface area contributed by atoms with Crippen LogP contribution in [0.1, 0.15) is 18.2 Å². The molecular formula is C19H22N2O3. The average molecular weight is 326 g/mol. The topological polar surface area (TPSA) is 60.5 Å². The van der Waals surface area contributed by atoms with Crippen molar-refractivity contribution in [2.75, 3.05) is 20.3 Å². The van der Waals surface area contributed by atoms with E-state index in [-0.39, 0.29) is 5.91 Å². The van der Waals surface area contributed by atoms with Crippen LogP contribution in [0.3, 0.4) is 0 Å². The molecule has 0 saturated heterocycles. The third-order valence-electron chi connectivity index (χ3n) is 3.32. The molecule has 0 atom stereocenters. The molecule has 5 nitrogen and oxygen atoms in total. The van der Waals surface area contributed by atoms with E-state index in [1.165, 1.54) is 6.08 Å². The Bertz CT molecular complexity index is 684. The molecule has 0 aliphatic heterocycles. The monoisotopic (exact) mass is 326 g/mol. The Hall–Kier alpha value is -2.82. The number of nitrogens with one attached hydrogen (secondary N) is 1. The standard InChI is InChI=1S/C19H22N2O3/c1-3-24-18-14-15(7-9-17(18)23-2)8-10-19(22)21-13-11-16-6-4-5-12-20-16/h4-10,12,14H,3,11,13H2,1-2H3,(H,21,22)/b10-8+. The van der Waals surface area contributed by atoms with Crippen LogP contribution < -0.4 is 14.8 Å². The molecule has 5 heteroatoms. The van der Waals surface area contributed by atoms with Crippen LogP contribution in [0.25, 0.3) is 6.08 Å². The molecule has 1 amide bonds. The van der Waals surface area contributed by atoms with Crippen molar-refractivity contribution in [3.63, 3.8) is 0 Å². The summed E-state index contributed by atoms with van der Waals surface area (Å²) in [5.74, 6) is 1.20. The van der Waals surface area contributed by atoms with Crippen LogP contribution in [0, 0.1) is 0 Å². The highest BCUT2D eigenvalue weighted by Gasteiger charge is 2.04. The zero-order chi connectivity index (χ0) is 17.2. The van der Waals surface area contributed by atoms with Gasteiger partial charge in [-0.05, 0) is 42.8 Å². The van der Waals surface area contributed by atoms with Gasteiger partial charge in [0.05, 0.1) is 13.7 Å². The van der Waals surface area contributed by atoms with Gasteiger partial charge in [0.25, 0.3) is 0 Å². The maximum Gasteiger partial charge on any atom is 0.244 e. The summed E-state index contributed by atoms with van der Waals surface area (Å²) in [4.78, 5) is 16.1. The Balaban J connectivity index is 1.87. The van der Waals surface area contributed by atoms with E-state index in [1.807, 2.05) is 43.3 Å². The molecule has 1 N–H and O–H groups in total. The van der Waals surface area contributed by atoms with Crippen LogP contribution in [0.15, 0.2) is 48.7 Å². The first-order valence-electron chi connectivity index (χ1n) is 7.89. The molecule has 1 aromatic heterocycles. The molecule has 2 aromatic rings. The van der Waals surface area contributed by atoms with E-state index in [4.69, 9.17) is 9.47 Å². The Morgan fingerprint density at radius 1 is 1.25 bits per heavy atom. The van der Waals surface area contributed by atoms with E-state index in [1.54, 1.807) is 19.4 Å². The van der Waals surface area contributed by atoms with Crippen LogP contribution in [-0.4, -0.2) is 31.2 Å². The van der Waals surface area contributed by atoms with Crippen LogP contribution in [0.4, 0.5) is 0 Å². The number of carbonyl (C=O) groups excluding carboxylic acids is 1. The number of aromatic nitrogens is 1. The molecule has 1 heterocycles. The molecular weight excluding hydrogens is 304 g/mol. The Kier molecular flexibility index (Phi) is 6.83. The van der Waals surface area contributed by atoms with Crippen molar-refractivity contribution >= 4 is 12.0 Å². The summed E-state index contributed by atoms with van der Waals surface area (Å²) in [6.07, 6.45) is 5.71. The first-order chi connectivity index (χ1) is 11.7. The molecule has 0 aliphatic carbocycles. The number of ether oxygens (including phenoxy) is 2. The first kappa shape index (κ1) is 17.5. The van der Waals surface area contributed by atoms with Gasteiger partial charge in [0.1, 0.15) is 0 Å². The quantitative estimate of drug-likeness (QED) is 0.758. The first-order valence-corrected chi connectivity index (χ1v) is 7.89. The second-order valence-corrected chi connectivity index (χ2v) is 5.04. The van der Waals surface area contributed by atoms with Gasteiger partial charge in [-0.15, -0.1) is 0 Å². The van der Waals surface area contributed by atoms with Gasteiger partial charge >= 0.3 is 0 Å². The summed E-state index contributed by atoms with van der Waals surface area (Å²) in [5, 5.41) is 2.84. The largest absolute Gasteiger partial charge is 0.493 e. The van der Waals surface area contributed by atoms with Crippen LogP contribution in [0.5, 0.6) is 11.5 Å². The Morgan fingerprint density at radius 2 is 2.12 bits per heavy atom. The summed E-state index contributed by atoms with van der Waals surface area (Å²) in [6.45, 7) is 3.02. The zero-order valence-corrected chi connectivity index (χ0v) is 14.0. The minimum atomic E-state index is -0.139. The third-order valence-corrected chi connectivity index (χ3v) is 3.32. The van der Waals surface area contributed by atoms with Crippen LogP contribution in [-0.2, 0) is 11.2 Å². The SMILES string of the molecule is CCOc1cc(/C=C/C(=O)NCCc2ccccn2)ccc1OC. The van der Waals surface area contributed by atoms with Crippen molar-refractivity contribution in [1.82, 2.24) is 10.3 Å². The van der Waals surface area contributed by atoms with Gasteiger partial charge in [0.2, 0.25) is 5.91 Å². The van der Waals surface area contributed by atoms with Gasteiger partial charge in [-0.3, -0.25) is 9.78 Å². The Morgan fingerprint density at radius 3 is 2.83 bits per heavy atom. The fourth-order valence-electron chi connectivity index (χ4n) is 2.16. The van der Waals surface area contributed by atoms with E-state index in [2.05, 4.69) is 10.3 Å². The highest BCUT2D eigenvalue weighted by atomic mass is 16.5. The predicted octanol–water partition coefficient (Wildman–Crippen LogP) is 2.86. The number of carbonyl (C=O) groups is 1. The fourth-order valence-corrected chi connectivity index (χ4v) is 2.16. The van der Waals surface area contributed by atoms with E-state index in [0.717, 1.165) is 11.3 Å². The molecule has 0 bridgehead atoms. The number of methoxy groups -OCH3 is 1. The summed E-state index contributed by atoms with van der Waals surface area (Å²) >= 11 is 0. The molecule has 0 unspecified atom stereocenters. The maximum absolute atomic E-state index is 11.9. The number of pyridine rings is 1. The molecule has 1 aromatic carbocycles. The average Bonchev–Trinajstić information content (AvgIpc) is 2.61. The van der Waals surface area contributed by atoms with E-state index < -0.39 is 0 Å². The predicted molar refractivity (Wildman–Crippen MR) is 94.1 cm³/mol. The molecule has 0 radical (unpaired) electrons. The van der Waals surface area contributed by atoms with Crippen LogP contribution >= 0.6 is 0 Å². The summed E-state index contributed by atoms with van der Waals surface area (Å²) in [6, 6.07) is 11.3. The van der Waals surface area contributed by atoms with Crippen molar-refractivity contribution in [3.05, 3.63) is 59.9 Å². The molecule has 0 fully saturated rings. The van der Waals surface area contributed by atoms with E-state index in [9.17, 15) is 4.79 Å². The highest BCUT2D eigenvalue weighted by Crippen LogP contribution is 2.28. The lowest BCUT2D eigenvalue weighted by Gasteiger charge is -2.09. The van der Waals surface area contributed by atoms with Gasteiger partial charge in [0, 0.05) is 30.9 Å². The second kappa shape index (κ2) is 9.35. The van der Waals surface area contributed by atoms with Crippen molar-refractivity contribution < 1.29 is 14.3 Å². The smallest absolute Gasteiger partial charge is 0.244 e. The second-order valence-electron chi connectivity index (χ2n) is 5.04. The summed E-state index contributed by atoms with van der Waals surface area (Å²) in [7, 11) is 1.60. The van der Waals surface area contributed by atoms with Crippen molar-refractivity contribution in [2.45, 2.75) is 13.3 Å². The number of rotatable bonds is 8. The van der Waals surface area contributed by atoms with Gasteiger partial charge in [-0.25, -0.2) is 0 Å². The minimum Gasteiger partial charge on any atom is -0.493 e. The van der Waals surface area contributed by atoms with Crippen molar-refractivity contribution in [3.8, 4) is 11.5 Å². The molecule has 126 valence electrons. The number of hydrogen-bond acceptors (Lipinski definition) is 4. The number of amides is 1. The lowest BCUT2D eigenvalue weighted by atomic mass is 10.2. The number of nitrogens with zero attached hydrogens (tertiary/aromatic N) is 1. The van der Waals surface area contributed by atoms with Gasteiger partial charge in [-0.1, -0.05) is 12.1 Å². The normalized spacial score (nSPS) is 10.6. The molecule has 0 saturated carbocycles. The minimum absolute atomic E-state index is 0.139. The number of hydrogen-bond donors (Lipinski definition) is 1. The molecule has 2 rings (SSSR count). The maximum atomic E-state index is 11.9. The van der Waals surface area contributed by atoms with Crippen molar-refractivity contribution in [2.24, 2.45) is 0 Å². The summed E-state index contributed by atoms with van der Waals surface area (Å²) < 4.78 is 10.8. The van der Waals surface area contributed by atoms with Gasteiger partial charge in [0.15, 0.2) is 11.5 Å². The molecule has 24 heavy (non-hydrogen) atoms. The van der Waals surface area contributed by atoms with E-state index in [0.29, 0.717) is 31.1 Å². The number of benzene rings is 1. The van der Waals surface area contributed by atoms with Crippen molar-refractivity contribution in [1.29, 1.82) is 0 Å². The molecule has 0 spiro atoms. The van der Waals surface area contributed by atoms with Crippen LogP contribution in [0.2, 0.25) is 0 Å². The lowest BCUT2D eigenvalue weighted by Crippen LogP contribution is -2.23. The summed E-state index contributed by atoms with van der Waals surface area (Å²) in [5.41, 5.74) is 1.83. The van der Waals surface area contributed by atoms with Gasteiger partial charge < -0.3 is 14.8 Å². The van der Waals surface area contributed by atoms with E-state index >= 15 is 0 Å². The highest BCUT2D eigenvalue weighted by molar-refractivity contribution is 5.91. The molecule has 0 aliphatic rings.